The summed E-state index contributed by atoms with van der Waals surface area (Å²) in [5, 5.41) is 3.02. The maximum absolute atomic E-state index is 12.0. The first-order valence-electron chi connectivity index (χ1n) is 7.06. The topological polar surface area (TPSA) is 67.6 Å². The van der Waals surface area contributed by atoms with E-state index in [-0.39, 0.29) is 5.91 Å². The number of likely N-dealkylation sites (tertiary alicyclic amines) is 1. The summed E-state index contributed by atoms with van der Waals surface area (Å²) in [5.41, 5.74) is 5.24. The van der Waals surface area contributed by atoms with Gasteiger partial charge in [-0.1, -0.05) is 0 Å². The van der Waals surface area contributed by atoms with Crippen LogP contribution in [0.25, 0.3) is 0 Å². The average Bonchev–Trinajstić information content (AvgIpc) is 2.94. The predicted molar refractivity (Wildman–Crippen MR) is 68.1 cm³/mol. The number of ether oxygens (including phenoxy) is 1. The molecule has 102 valence electrons. The molecule has 0 radical (unpaired) electrons. The van der Waals surface area contributed by atoms with Crippen LogP contribution in [0.2, 0.25) is 0 Å². The fraction of sp³-hybridized carbons (Fsp3) is 0.923. The number of hydrogen-bond acceptors (Lipinski definition) is 4. The lowest BCUT2D eigenvalue weighted by Gasteiger charge is -2.22. The minimum absolute atomic E-state index is 0.0372. The number of nitrogens with one attached hydrogen (secondary N) is 1. The number of carbonyl (C=O) groups excluding carboxylic acids is 1. The van der Waals surface area contributed by atoms with E-state index in [4.69, 9.17) is 10.5 Å². The van der Waals surface area contributed by atoms with Crippen LogP contribution in [0.5, 0.6) is 0 Å². The number of nitrogens with zero attached hydrogens (tertiary/aromatic N) is 1. The summed E-state index contributed by atoms with van der Waals surface area (Å²) in [7, 11) is 0. The van der Waals surface area contributed by atoms with Gasteiger partial charge < -0.3 is 20.7 Å². The zero-order chi connectivity index (χ0) is 12.6. The molecule has 18 heavy (non-hydrogen) atoms. The summed E-state index contributed by atoms with van der Waals surface area (Å²) in [5.74, 6) is 0.561. The Balaban J connectivity index is 1.42. The minimum Gasteiger partial charge on any atom is -0.379 e. The summed E-state index contributed by atoms with van der Waals surface area (Å²) >= 11 is 0. The highest BCUT2D eigenvalue weighted by atomic mass is 16.5. The van der Waals surface area contributed by atoms with Gasteiger partial charge in [-0.05, 0) is 38.1 Å². The molecule has 0 aromatic heterocycles. The zero-order valence-electron chi connectivity index (χ0n) is 10.9. The van der Waals surface area contributed by atoms with E-state index >= 15 is 0 Å². The fourth-order valence-electron chi connectivity index (χ4n) is 2.97. The highest BCUT2D eigenvalue weighted by Gasteiger charge is 2.39. The van der Waals surface area contributed by atoms with Crippen LogP contribution in [0.1, 0.15) is 25.7 Å². The van der Waals surface area contributed by atoms with Crippen molar-refractivity contribution >= 4 is 5.91 Å². The van der Waals surface area contributed by atoms with E-state index in [1.807, 2.05) is 0 Å². The van der Waals surface area contributed by atoms with Crippen molar-refractivity contribution in [1.29, 1.82) is 0 Å². The van der Waals surface area contributed by atoms with Gasteiger partial charge in [-0.3, -0.25) is 4.79 Å². The summed E-state index contributed by atoms with van der Waals surface area (Å²) in [6.45, 7) is 4.06. The Bertz CT molecular complexity index is 324. The zero-order valence-corrected chi connectivity index (χ0v) is 10.9. The molecule has 5 nitrogen and oxygen atoms in total. The van der Waals surface area contributed by atoms with Gasteiger partial charge in [-0.25, -0.2) is 0 Å². The van der Waals surface area contributed by atoms with Crippen LogP contribution in [0.4, 0.5) is 0 Å². The third kappa shape index (κ3) is 2.53. The molecule has 2 atom stereocenters. The minimum atomic E-state index is -0.783. The van der Waals surface area contributed by atoms with E-state index in [9.17, 15) is 4.79 Å². The van der Waals surface area contributed by atoms with Crippen LogP contribution in [-0.4, -0.2) is 55.2 Å². The second-order valence-corrected chi connectivity index (χ2v) is 6.05. The second-order valence-electron chi connectivity index (χ2n) is 6.05. The number of amides is 1. The lowest BCUT2D eigenvalue weighted by molar-refractivity contribution is -0.126. The van der Waals surface area contributed by atoms with Gasteiger partial charge in [-0.2, -0.15) is 0 Å². The smallest absolute Gasteiger partial charge is 0.242 e. The van der Waals surface area contributed by atoms with Crippen molar-refractivity contribution in [3.8, 4) is 0 Å². The quantitative estimate of drug-likeness (QED) is 0.722. The van der Waals surface area contributed by atoms with Gasteiger partial charge in [0.1, 0.15) is 5.54 Å². The van der Waals surface area contributed by atoms with Crippen molar-refractivity contribution in [2.45, 2.75) is 37.3 Å². The summed E-state index contributed by atoms with van der Waals surface area (Å²) in [4.78, 5) is 14.6. The van der Waals surface area contributed by atoms with Crippen LogP contribution >= 0.6 is 0 Å². The lowest BCUT2D eigenvalue weighted by atomic mass is 9.99. The van der Waals surface area contributed by atoms with Gasteiger partial charge in [0.2, 0.25) is 5.91 Å². The Hall–Kier alpha value is -0.650. The molecule has 1 amide bonds. The van der Waals surface area contributed by atoms with Gasteiger partial charge in [0, 0.05) is 25.7 Å². The van der Waals surface area contributed by atoms with Crippen LogP contribution in [0.3, 0.4) is 0 Å². The van der Waals surface area contributed by atoms with Crippen molar-refractivity contribution < 1.29 is 9.53 Å². The monoisotopic (exact) mass is 253 g/mol. The highest BCUT2D eigenvalue weighted by molar-refractivity contribution is 5.86. The molecule has 0 spiro atoms. The molecule has 1 saturated carbocycles. The third-order valence-electron chi connectivity index (χ3n) is 4.44. The first-order chi connectivity index (χ1) is 8.67. The van der Waals surface area contributed by atoms with E-state index < -0.39 is 5.54 Å². The molecule has 3 rings (SSSR count). The molecular weight excluding hydrogens is 230 g/mol. The molecule has 2 heterocycles. The number of hydrogen-bond donors (Lipinski definition) is 2. The highest BCUT2D eigenvalue weighted by Crippen LogP contribution is 2.31. The maximum atomic E-state index is 12.0. The van der Waals surface area contributed by atoms with E-state index in [0.29, 0.717) is 25.6 Å². The number of rotatable bonds is 4. The summed E-state index contributed by atoms with van der Waals surface area (Å²) in [6.07, 6.45) is 4.56. The Morgan fingerprint density at radius 2 is 2.28 bits per heavy atom. The normalized spacial score (nSPS) is 37.1. The van der Waals surface area contributed by atoms with Crippen LogP contribution < -0.4 is 11.1 Å². The first kappa shape index (κ1) is 12.4. The van der Waals surface area contributed by atoms with E-state index in [0.717, 1.165) is 19.1 Å². The van der Waals surface area contributed by atoms with Gasteiger partial charge >= 0.3 is 0 Å². The predicted octanol–water partition coefficient (Wildman–Crippen LogP) is -0.295. The SMILES string of the molecule is NC1(C(=O)NCC2CCN(C3CC3)C2)CCOC1. The van der Waals surface area contributed by atoms with Gasteiger partial charge in [0.15, 0.2) is 0 Å². The standard InChI is InChI=1S/C13H23N3O2/c14-13(4-6-18-9-13)12(17)15-7-10-3-5-16(8-10)11-1-2-11/h10-11H,1-9,14H2,(H,15,17). The first-order valence-corrected chi connectivity index (χ1v) is 7.06. The van der Waals surface area contributed by atoms with Crippen molar-refractivity contribution in [3.05, 3.63) is 0 Å². The molecule has 2 saturated heterocycles. The van der Waals surface area contributed by atoms with Crippen LogP contribution in [0.15, 0.2) is 0 Å². The molecule has 1 aliphatic carbocycles. The molecule has 3 aliphatic rings. The van der Waals surface area contributed by atoms with Gasteiger partial charge in [0.05, 0.1) is 6.61 Å². The fourth-order valence-corrected chi connectivity index (χ4v) is 2.97. The Labute approximate surface area is 108 Å². The van der Waals surface area contributed by atoms with Crippen molar-refractivity contribution in [2.24, 2.45) is 11.7 Å². The third-order valence-corrected chi connectivity index (χ3v) is 4.44. The molecule has 3 fully saturated rings. The number of carbonyl (C=O) groups is 1. The second kappa shape index (κ2) is 4.79. The van der Waals surface area contributed by atoms with Gasteiger partial charge in [-0.15, -0.1) is 0 Å². The Morgan fingerprint density at radius 1 is 1.44 bits per heavy atom. The molecule has 2 unspecified atom stereocenters. The Kier molecular flexibility index (Phi) is 3.30. The summed E-state index contributed by atoms with van der Waals surface area (Å²) < 4.78 is 5.22. The molecule has 0 bridgehead atoms. The van der Waals surface area contributed by atoms with Gasteiger partial charge in [0.25, 0.3) is 0 Å². The van der Waals surface area contributed by atoms with Crippen molar-refractivity contribution in [1.82, 2.24) is 10.2 Å². The van der Waals surface area contributed by atoms with Crippen molar-refractivity contribution in [3.63, 3.8) is 0 Å². The van der Waals surface area contributed by atoms with E-state index in [2.05, 4.69) is 10.2 Å². The largest absolute Gasteiger partial charge is 0.379 e. The van der Waals surface area contributed by atoms with Crippen LogP contribution in [-0.2, 0) is 9.53 Å². The number of nitrogens with two attached hydrogens (primary N) is 1. The average molecular weight is 253 g/mol. The Morgan fingerprint density at radius 3 is 2.94 bits per heavy atom. The molecule has 0 aromatic carbocycles. The van der Waals surface area contributed by atoms with E-state index in [1.54, 1.807) is 0 Å². The summed E-state index contributed by atoms with van der Waals surface area (Å²) in [6, 6.07) is 0.842. The molecule has 5 heteroatoms. The lowest BCUT2D eigenvalue weighted by Crippen LogP contribution is -2.55. The maximum Gasteiger partial charge on any atom is 0.242 e. The molecular formula is C13H23N3O2. The molecule has 0 aromatic rings. The van der Waals surface area contributed by atoms with E-state index in [1.165, 1.54) is 25.8 Å². The molecule has 2 aliphatic heterocycles. The molecule has 3 N–H and O–H groups in total. The van der Waals surface area contributed by atoms with Crippen LogP contribution in [0, 0.1) is 5.92 Å². The van der Waals surface area contributed by atoms with Crippen molar-refractivity contribution in [2.75, 3.05) is 32.8 Å².